The van der Waals surface area contributed by atoms with E-state index < -0.39 is 0 Å². The van der Waals surface area contributed by atoms with E-state index in [0.29, 0.717) is 25.3 Å². The lowest BCUT2D eigenvalue weighted by Crippen LogP contribution is -2.40. The number of H-pyrrole nitrogens is 1. The van der Waals surface area contributed by atoms with Crippen LogP contribution >= 0.6 is 0 Å². The van der Waals surface area contributed by atoms with E-state index in [2.05, 4.69) is 25.6 Å². The fourth-order valence-corrected chi connectivity index (χ4v) is 3.22. The number of aromatic amines is 1. The molecular weight excluding hydrogens is 322 g/mol. The number of likely N-dealkylation sites (tertiary alicyclic amines) is 1. The number of carbonyl (C=O) groups excluding carboxylic acids is 1. The normalized spacial score (nSPS) is 20.3. The molecule has 1 aliphatic rings. The number of hydrogen-bond donors (Lipinski definition) is 2. The molecule has 3 aromatic rings. The zero-order chi connectivity index (χ0) is 17.2. The van der Waals surface area contributed by atoms with Crippen LogP contribution in [0.3, 0.4) is 0 Å². The quantitative estimate of drug-likeness (QED) is 0.741. The molecule has 130 valence electrons. The van der Waals surface area contributed by atoms with Crippen LogP contribution in [0, 0.1) is 0 Å². The Morgan fingerprint density at radius 2 is 2.40 bits per heavy atom. The zero-order valence-corrected chi connectivity index (χ0v) is 13.8. The highest BCUT2D eigenvalue weighted by Gasteiger charge is 2.38. The third-order valence-corrected chi connectivity index (χ3v) is 4.54. The van der Waals surface area contributed by atoms with E-state index in [1.165, 1.54) is 6.33 Å². The van der Waals surface area contributed by atoms with Gasteiger partial charge >= 0.3 is 6.03 Å². The Kier molecular flexibility index (Phi) is 4.06. The third kappa shape index (κ3) is 2.93. The number of carbonyl (C=O) groups is 1. The van der Waals surface area contributed by atoms with Crippen LogP contribution in [0.1, 0.15) is 23.9 Å². The van der Waals surface area contributed by atoms with Crippen molar-refractivity contribution in [2.24, 2.45) is 0 Å². The van der Waals surface area contributed by atoms with Gasteiger partial charge < -0.3 is 15.0 Å². The van der Waals surface area contributed by atoms with Crippen molar-refractivity contribution in [1.29, 1.82) is 0 Å². The maximum atomic E-state index is 12.7. The van der Waals surface area contributed by atoms with Gasteiger partial charge in [0.2, 0.25) is 0 Å². The summed E-state index contributed by atoms with van der Waals surface area (Å²) >= 11 is 0. The maximum absolute atomic E-state index is 12.7. The zero-order valence-electron chi connectivity index (χ0n) is 13.8. The summed E-state index contributed by atoms with van der Waals surface area (Å²) in [5, 5.41) is 14.0. The molecule has 0 aromatic carbocycles. The second-order valence-corrected chi connectivity index (χ2v) is 5.99. The molecular formula is C16H19N7O2. The van der Waals surface area contributed by atoms with Crippen LogP contribution in [-0.4, -0.2) is 55.5 Å². The summed E-state index contributed by atoms with van der Waals surface area (Å²) in [6.07, 6.45) is 5.77. The summed E-state index contributed by atoms with van der Waals surface area (Å²) in [5.41, 5.74) is 1.94. The maximum Gasteiger partial charge on any atom is 0.318 e. The second kappa shape index (κ2) is 6.52. The van der Waals surface area contributed by atoms with Crippen LogP contribution in [0.2, 0.25) is 0 Å². The van der Waals surface area contributed by atoms with Crippen molar-refractivity contribution in [1.82, 2.24) is 35.0 Å². The smallest absolute Gasteiger partial charge is 0.318 e. The number of hydrogen-bond acceptors (Lipinski definition) is 5. The van der Waals surface area contributed by atoms with Gasteiger partial charge in [0, 0.05) is 38.4 Å². The van der Waals surface area contributed by atoms with Crippen LogP contribution in [0.5, 0.6) is 0 Å². The monoisotopic (exact) mass is 341 g/mol. The van der Waals surface area contributed by atoms with Gasteiger partial charge in [-0.05, 0) is 12.1 Å². The number of nitrogens with zero attached hydrogens (tertiary/aromatic N) is 5. The van der Waals surface area contributed by atoms with Gasteiger partial charge in [-0.1, -0.05) is 6.07 Å². The Labute approximate surface area is 144 Å². The predicted octanol–water partition coefficient (Wildman–Crippen LogP) is 1.12. The Morgan fingerprint density at radius 1 is 1.48 bits per heavy atom. The van der Waals surface area contributed by atoms with Crippen molar-refractivity contribution in [3.8, 4) is 0 Å². The lowest BCUT2D eigenvalue weighted by molar-refractivity contribution is 0.110. The number of methoxy groups -OCH3 is 1. The fraction of sp³-hybridized carbons (Fsp3) is 0.375. The molecule has 0 radical (unpaired) electrons. The number of fused-ring (bicyclic) bond motifs is 1. The van der Waals surface area contributed by atoms with Crippen molar-refractivity contribution in [3.05, 3.63) is 48.3 Å². The molecule has 1 saturated heterocycles. The summed E-state index contributed by atoms with van der Waals surface area (Å²) in [6.45, 7) is 0.923. The van der Waals surface area contributed by atoms with Crippen molar-refractivity contribution < 1.29 is 9.53 Å². The highest BCUT2D eigenvalue weighted by molar-refractivity contribution is 5.75. The standard InChI is InChI=1S/C16H19N7O2/c1-25-12-6-14(15-18-10-19-21-15)22(9-12)16(24)17-7-11-8-20-23-5-3-2-4-13(11)23/h2-5,8,10,12,14H,6-7,9H2,1H3,(H,17,24)(H,18,19,21)/t12-,14+/m1/s1. The van der Waals surface area contributed by atoms with E-state index in [9.17, 15) is 4.79 Å². The number of nitrogens with one attached hydrogen (secondary N) is 2. The van der Waals surface area contributed by atoms with Crippen molar-refractivity contribution >= 4 is 11.5 Å². The van der Waals surface area contributed by atoms with E-state index in [4.69, 9.17) is 4.74 Å². The van der Waals surface area contributed by atoms with Gasteiger partial charge in [0.15, 0.2) is 0 Å². The van der Waals surface area contributed by atoms with Gasteiger partial charge in [-0.3, -0.25) is 5.10 Å². The van der Waals surface area contributed by atoms with Gasteiger partial charge in [-0.15, -0.1) is 0 Å². The minimum atomic E-state index is -0.170. The summed E-state index contributed by atoms with van der Waals surface area (Å²) in [4.78, 5) is 18.6. The summed E-state index contributed by atoms with van der Waals surface area (Å²) < 4.78 is 7.22. The number of rotatable bonds is 4. The minimum Gasteiger partial charge on any atom is -0.380 e. The van der Waals surface area contributed by atoms with Crippen LogP contribution in [-0.2, 0) is 11.3 Å². The van der Waals surface area contributed by atoms with Crippen LogP contribution in [0.15, 0.2) is 36.9 Å². The molecule has 0 spiro atoms. The van der Waals surface area contributed by atoms with Crippen LogP contribution < -0.4 is 5.32 Å². The van der Waals surface area contributed by atoms with Crippen molar-refractivity contribution in [2.45, 2.75) is 25.1 Å². The first-order valence-corrected chi connectivity index (χ1v) is 8.10. The van der Waals surface area contributed by atoms with E-state index in [-0.39, 0.29) is 18.2 Å². The average molecular weight is 341 g/mol. The number of amides is 2. The lowest BCUT2D eigenvalue weighted by atomic mass is 10.2. The number of ether oxygens (including phenoxy) is 1. The highest BCUT2D eigenvalue weighted by Crippen LogP contribution is 2.31. The first kappa shape index (κ1) is 15.6. The van der Waals surface area contributed by atoms with Crippen LogP contribution in [0.4, 0.5) is 4.79 Å². The molecule has 2 atom stereocenters. The van der Waals surface area contributed by atoms with Gasteiger partial charge in [0.25, 0.3) is 0 Å². The molecule has 0 saturated carbocycles. The summed E-state index contributed by atoms with van der Waals surface area (Å²) in [7, 11) is 1.66. The van der Waals surface area contributed by atoms with E-state index in [1.54, 1.807) is 22.7 Å². The Bertz CT molecular complexity index is 860. The van der Waals surface area contributed by atoms with Crippen LogP contribution in [0.25, 0.3) is 5.52 Å². The summed E-state index contributed by atoms with van der Waals surface area (Å²) in [6, 6.07) is 5.51. The first-order valence-electron chi connectivity index (χ1n) is 8.10. The van der Waals surface area contributed by atoms with Gasteiger partial charge in [0.1, 0.15) is 12.2 Å². The number of aromatic nitrogens is 5. The average Bonchev–Trinajstić information content (AvgIpc) is 3.38. The topological polar surface area (TPSA) is 100 Å². The first-order chi connectivity index (χ1) is 12.3. The molecule has 0 aliphatic carbocycles. The number of pyridine rings is 1. The van der Waals surface area contributed by atoms with Gasteiger partial charge in [0.05, 0.1) is 23.9 Å². The minimum absolute atomic E-state index is 0.0159. The lowest BCUT2D eigenvalue weighted by Gasteiger charge is -2.22. The number of urea groups is 1. The molecule has 0 bridgehead atoms. The molecule has 0 unspecified atom stereocenters. The summed E-state index contributed by atoms with van der Waals surface area (Å²) in [5.74, 6) is 0.672. The van der Waals surface area contributed by atoms with E-state index >= 15 is 0 Å². The van der Waals surface area contributed by atoms with Gasteiger partial charge in [-0.25, -0.2) is 14.3 Å². The molecule has 3 aromatic heterocycles. The predicted molar refractivity (Wildman–Crippen MR) is 88.7 cm³/mol. The van der Waals surface area contributed by atoms with Crippen molar-refractivity contribution in [3.63, 3.8) is 0 Å². The fourth-order valence-electron chi connectivity index (χ4n) is 3.22. The van der Waals surface area contributed by atoms with Crippen molar-refractivity contribution in [2.75, 3.05) is 13.7 Å². The molecule has 9 heteroatoms. The van der Waals surface area contributed by atoms with Gasteiger partial charge in [-0.2, -0.15) is 10.2 Å². The Morgan fingerprint density at radius 3 is 3.20 bits per heavy atom. The Balaban J connectivity index is 1.47. The largest absolute Gasteiger partial charge is 0.380 e. The SMILES string of the molecule is CO[C@@H]1C[C@@H](c2ncn[nH]2)N(C(=O)NCc2cnn3ccccc23)C1. The molecule has 2 N–H and O–H groups in total. The third-order valence-electron chi connectivity index (χ3n) is 4.54. The second-order valence-electron chi connectivity index (χ2n) is 5.99. The molecule has 9 nitrogen and oxygen atoms in total. The van der Waals surface area contributed by atoms with E-state index in [0.717, 1.165) is 11.1 Å². The van der Waals surface area contributed by atoms with E-state index in [1.807, 2.05) is 24.4 Å². The molecule has 2 amide bonds. The molecule has 4 heterocycles. The highest BCUT2D eigenvalue weighted by atomic mass is 16.5. The molecule has 25 heavy (non-hydrogen) atoms. The molecule has 1 aliphatic heterocycles. The molecule has 4 rings (SSSR count). The molecule has 1 fully saturated rings. The Hall–Kier alpha value is -2.94.